The zero-order chi connectivity index (χ0) is 20.8. The van der Waals surface area contributed by atoms with Gasteiger partial charge in [-0.15, -0.1) is 0 Å². The van der Waals surface area contributed by atoms with Crippen molar-refractivity contribution in [3.8, 4) is 11.5 Å². The predicted octanol–water partition coefficient (Wildman–Crippen LogP) is 3.14. The minimum atomic E-state index is -0.744. The van der Waals surface area contributed by atoms with Crippen LogP contribution in [0.1, 0.15) is 24.2 Å². The first-order valence-electron chi connectivity index (χ1n) is 9.57. The van der Waals surface area contributed by atoms with Crippen molar-refractivity contribution >= 4 is 23.1 Å². The Morgan fingerprint density at radius 1 is 1.07 bits per heavy atom. The van der Waals surface area contributed by atoms with E-state index in [4.69, 9.17) is 14.2 Å². The van der Waals surface area contributed by atoms with Gasteiger partial charge in [-0.2, -0.15) is 0 Å². The minimum absolute atomic E-state index is 0.0684. The first kappa shape index (κ1) is 20.7. The zero-order valence-electron chi connectivity index (χ0n) is 16.9. The molecule has 1 saturated heterocycles. The second-order valence-corrected chi connectivity index (χ2v) is 6.82. The Kier molecular flexibility index (Phi) is 6.72. The molecule has 29 heavy (non-hydrogen) atoms. The highest BCUT2D eigenvalue weighted by molar-refractivity contribution is 5.95. The Balaban J connectivity index is 1.61. The summed E-state index contributed by atoms with van der Waals surface area (Å²) in [7, 11) is 1.49. The number of carbonyl (C=O) groups is 2. The van der Waals surface area contributed by atoms with Gasteiger partial charge in [0.25, 0.3) is 5.91 Å². The molecule has 1 atom stereocenters. The van der Waals surface area contributed by atoms with E-state index in [2.05, 4.69) is 10.2 Å². The molecule has 1 N–H and O–H groups in total. The van der Waals surface area contributed by atoms with E-state index in [1.807, 2.05) is 24.3 Å². The Morgan fingerprint density at radius 3 is 2.38 bits per heavy atom. The van der Waals surface area contributed by atoms with Gasteiger partial charge in [0.2, 0.25) is 0 Å². The highest BCUT2D eigenvalue weighted by atomic mass is 16.5. The highest BCUT2D eigenvalue weighted by Gasteiger charge is 2.18. The first-order valence-corrected chi connectivity index (χ1v) is 9.57. The number of hydrogen-bond donors (Lipinski definition) is 1. The van der Waals surface area contributed by atoms with Gasteiger partial charge >= 0.3 is 0 Å². The summed E-state index contributed by atoms with van der Waals surface area (Å²) >= 11 is 0. The molecule has 1 amide bonds. The fourth-order valence-electron chi connectivity index (χ4n) is 3.05. The molecular formula is C22H26N2O5. The molecule has 0 aromatic heterocycles. The van der Waals surface area contributed by atoms with Crippen LogP contribution in [-0.2, 0) is 9.53 Å². The Hall–Kier alpha value is -3.06. The van der Waals surface area contributed by atoms with Crippen molar-refractivity contribution < 1.29 is 23.8 Å². The molecule has 1 aliphatic rings. The molecule has 154 valence electrons. The van der Waals surface area contributed by atoms with E-state index in [1.54, 1.807) is 25.1 Å². The van der Waals surface area contributed by atoms with Crippen molar-refractivity contribution in [2.45, 2.75) is 20.0 Å². The molecule has 0 saturated carbocycles. The molecule has 7 heteroatoms. The summed E-state index contributed by atoms with van der Waals surface area (Å²) in [6.45, 7) is 6.32. The number of anilines is 2. The standard InChI is InChI=1S/C22H26N2O5/c1-15(25)17-4-9-20(21(14-17)27-3)29-16(2)22(26)23-18-5-7-19(8-6-18)24-10-12-28-13-11-24/h4-9,14,16H,10-13H2,1-3H3,(H,23,26)/t16-/m0/s1. The van der Waals surface area contributed by atoms with E-state index in [0.717, 1.165) is 32.0 Å². The number of ketones is 1. The van der Waals surface area contributed by atoms with Gasteiger partial charge in [0.1, 0.15) is 0 Å². The maximum Gasteiger partial charge on any atom is 0.265 e. The first-order chi connectivity index (χ1) is 14.0. The molecular weight excluding hydrogens is 372 g/mol. The molecule has 0 aliphatic carbocycles. The van der Waals surface area contributed by atoms with Crippen LogP contribution in [-0.4, -0.2) is 51.2 Å². The fraction of sp³-hybridized carbons (Fsp3) is 0.364. The lowest BCUT2D eigenvalue weighted by Gasteiger charge is -2.29. The fourth-order valence-corrected chi connectivity index (χ4v) is 3.05. The lowest BCUT2D eigenvalue weighted by atomic mass is 10.1. The lowest BCUT2D eigenvalue weighted by molar-refractivity contribution is -0.122. The van der Waals surface area contributed by atoms with Crippen LogP contribution in [0, 0.1) is 0 Å². The number of rotatable bonds is 7. The van der Waals surface area contributed by atoms with Crippen LogP contribution in [0.3, 0.4) is 0 Å². The molecule has 0 spiro atoms. The van der Waals surface area contributed by atoms with Gasteiger partial charge in [-0.1, -0.05) is 0 Å². The van der Waals surface area contributed by atoms with E-state index >= 15 is 0 Å². The van der Waals surface area contributed by atoms with Crippen LogP contribution in [0.2, 0.25) is 0 Å². The van der Waals surface area contributed by atoms with Gasteiger partial charge in [-0.05, 0) is 56.3 Å². The molecule has 3 rings (SSSR count). The smallest absolute Gasteiger partial charge is 0.265 e. The quantitative estimate of drug-likeness (QED) is 0.722. The Morgan fingerprint density at radius 2 is 1.76 bits per heavy atom. The zero-order valence-corrected chi connectivity index (χ0v) is 16.9. The number of morpholine rings is 1. The second kappa shape index (κ2) is 9.43. The minimum Gasteiger partial charge on any atom is -0.493 e. The van der Waals surface area contributed by atoms with Gasteiger partial charge < -0.3 is 24.4 Å². The number of benzene rings is 2. The van der Waals surface area contributed by atoms with Crippen molar-refractivity contribution in [1.29, 1.82) is 0 Å². The largest absolute Gasteiger partial charge is 0.493 e. The van der Waals surface area contributed by atoms with Crippen molar-refractivity contribution in [2.24, 2.45) is 0 Å². The maximum atomic E-state index is 12.5. The molecule has 1 heterocycles. The van der Waals surface area contributed by atoms with Crippen LogP contribution in [0.15, 0.2) is 42.5 Å². The number of Topliss-reactive ketones (excluding diaryl/α,β-unsaturated/α-hetero) is 1. The van der Waals surface area contributed by atoms with Crippen LogP contribution in [0.4, 0.5) is 11.4 Å². The third kappa shape index (κ3) is 5.26. The average Bonchev–Trinajstić information content (AvgIpc) is 2.75. The molecule has 0 unspecified atom stereocenters. The summed E-state index contributed by atoms with van der Waals surface area (Å²) in [4.78, 5) is 26.3. The molecule has 2 aromatic rings. The topological polar surface area (TPSA) is 77.1 Å². The van der Waals surface area contributed by atoms with Crippen LogP contribution in [0.5, 0.6) is 11.5 Å². The van der Waals surface area contributed by atoms with Gasteiger partial charge in [0.15, 0.2) is 23.4 Å². The van der Waals surface area contributed by atoms with Gasteiger partial charge in [-0.25, -0.2) is 0 Å². The third-order valence-electron chi connectivity index (χ3n) is 4.75. The Bertz CT molecular complexity index is 860. The van der Waals surface area contributed by atoms with Gasteiger partial charge in [0.05, 0.1) is 20.3 Å². The van der Waals surface area contributed by atoms with Crippen molar-refractivity contribution in [2.75, 3.05) is 43.6 Å². The summed E-state index contributed by atoms with van der Waals surface area (Å²) < 4.78 is 16.4. The predicted molar refractivity (Wildman–Crippen MR) is 111 cm³/mol. The number of ether oxygens (including phenoxy) is 3. The molecule has 1 aliphatic heterocycles. The van der Waals surface area contributed by atoms with Crippen molar-refractivity contribution in [1.82, 2.24) is 0 Å². The van der Waals surface area contributed by atoms with E-state index in [9.17, 15) is 9.59 Å². The van der Waals surface area contributed by atoms with E-state index < -0.39 is 6.10 Å². The molecule has 1 fully saturated rings. The molecule has 7 nitrogen and oxygen atoms in total. The number of hydrogen-bond acceptors (Lipinski definition) is 6. The normalized spacial score (nSPS) is 14.8. The van der Waals surface area contributed by atoms with Crippen LogP contribution >= 0.6 is 0 Å². The van der Waals surface area contributed by atoms with E-state index in [-0.39, 0.29) is 11.7 Å². The summed E-state index contributed by atoms with van der Waals surface area (Å²) in [6.07, 6.45) is -0.744. The van der Waals surface area contributed by atoms with Crippen molar-refractivity contribution in [3.63, 3.8) is 0 Å². The summed E-state index contributed by atoms with van der Waals surface area (Å²) in [6, 6.07) is 12.6. The summed E-state index contributed by atoms with van der Waals surface area (Å²) in [5, 5.41) is 2.86. The number of amides is 1. The van der Waals surface area contributed by atoms with E-state index in [0.29, 0.717) is 22.7 Å². The number of nitrogens with one attached hydrogen (secondary N) is 1. The van der Waals surface area contributed by atoms with Crippen LogP contribution < -0.4 is 19.7 Å². The second-order valence-electron chi connectivity index (χ2n) is 6.82. The molecule has 2 aromatic carbocycles. The number of methoxy groups -OCH3 is 1. The Labute approximate surface area is 170 Å². The number of carbonyl (C=O) groups excluding carboxylic acids is 2. The highest BCUT2D eigenvalue weighted by Crippen LogP contribution is 2.29. The molecule has 0 radical (unpaired) electrons. The lowest BCUT2D eigenvalue weighted by Crippen LogP contribution is -2.36. The SMILES string of the molecule is COc1cc(C(C)=O)ccc1O[C@@H](C)C(=O)Nc1ccc(N2CCOCC2)cc1. The maximum absolute atomic E-state index is 12.5. The van der Waals surface area contributed by atoms with Crippen LogP contribution in [0.25, 0.3) is 0 Å². The summed E-state index contributed by atoms with van der Waals surface area (Å²) in [5.41, 5.74) is 2.32. The van der Waals surface area contributed by atoms with Gasteiger partial charge in [0, 0.05) is 30.0 Å². The summed E-state index contributed by atoms with van der Waals surface area (Å²) in [5.74, 6) is 0.470. The monoisotopic (exact) mass is 398 g/mol. The average molecular weight is 398 g/mol. The number of nitrogens with zero attached hydrogens (tertiary/aromatic N) is 1. The third-order valence-corrected chi connectivity index (χ3v) is 4.75. The van der Waals surface area contributed by atoms with Gasteiger partial charge in [-0.3, -0.25) is 9.59 Å². The van der Waals surface area contributed by atoms with Crippen molar-refractivity contribution in [3.05, 3.63) is 48.0 Å². The molecule has 0 bridgehead atoms. The van der Waals surface area contributed by atoms with E-state index in [1.165, 1.54) is 14.0 Å².